The first kappa shape index (κ1) is 13.6. The largest absolute Gasteiger partial charge is 0.394 e. The number of aryl methyl sites for hydroxylation is 1. The maximum Gasteiger partial charge on any atom is 0.262 e. The minimum absolute atomic E-state index is 0.0304. The molecule has 20 heavy (non-hydrogen) atoms. The Morgan fingerprint density at radius 2 is 2.05 bits per heavy atom. The molecule has 1 heterocycles. The monoisotopic (exact) mass is 289 g/mol. The molecule has 0 unspecified atom stereocenters. The van der Waals surface area contributed by atoms with Gasteiger partial charge in [-0.15, -0.1) is 11.3 Å². The van der Waals surface area contributed by atoms with E-state index in [0.29, 0.717) is 0 Å². The fourth-order valence-corrected chi connectivity index (χ4v) is 4.17. The summed E-state index contributed by atoms with van der Waals surface area (Å²) in [5.41, 5.74) is 0.633. The van der Waals surface area contributed by atoms with Gasteiger partial charge >= 0.3 is 0 Å². The normalized spacial score (nSPS) is 17.5. The third-order valence-corrected chi connectivity index (χ3v) is 5.56. The van der Waals surface area contributed by atoms with Crippen molar-refractivity contribution in [3.63, 3.8) is 0 Å². The first-order valence-electron chi connectivity index (χ1n) is 7.07. The Labute approximate surface area is 122 Å². The van der Waals surface area contributed by atoms with E-state index in [9.17, 15) is 9.90 Å². The van der Waals surface area contributed by atoms with E-state index in [1.807, 2.05) is 25.1 Å². The maximum atomic E-state index is 12.5. The van der Waals surface area contributed by atoms with E-state index >= 15 is 0 Å². The van der Waals surface area contributed by atoms with Gasteiger partial charge in [-0.2, -0.15) is 0 Å². The molecule has 0 spiro atoms. The summed E-state index contributed by atoms with van der Waals surface area (Å²) in [6, 6.07) is 8.08. The predicted octanol–water partition coefficient (Wildman–Crippen LogP) is 3.24. The van der Waals surface area contributed by atoms with Crippen LogP contribution in [0.2, 0.25) is 0 Å². The van der Waals surface area contributed by atoms with Crippen molar-refractivity contribution in [3.05, 3.63) is 34.7 Å². The number of aliphatic hydroxyl groups excluding tert-OH is 1. The molecule has 1 aromatic heterocycles. The van der Waals surface area contributed by atoms with Crippen LogP contribution in [0, 0.1) is 6.92 Å². The minimum Gasteiger partial charge on any atom is -0.394 e. The Morgan fingerprint density at radius 3 is 2.70 bits per heavy atom. The molecule has 106 valence electrons. The highest BCUT2D eigenvalue weighted by Crippen LogP contribution is 2.33. The standard InChI is InChI=1S/C16H19NO2S/c1-11-12-6-2-3-7-13(12)20-14(11)15(19)17-16(10-18)8-4-5-9-16/h2-3,6-7,18H,4-5,8-10H2,1H3,(H,17,19). The SMILES string of the molecule is Cc1c(C(=O)NC2(CO)CCCC2)sc2ccccc12. The highest BCUT2D eigenvalue weighted by atomic mass is 32.1. The molecular formula is C16H19NO2S. The fraction of sp³-hybridized carbons (Fsp3) is 0.438. The van der Waals surface area contributed by atoms with Gasteiger partial charge in [-0.05, 0) is 36.8 Å². The van der Waals surface area contributed by atoms with Gasteiger partial charge in [0.1, 0.15) is 0 Å². The van der Waals surface area contributed by atoms with E-state index in [2.05, 4.69) is 11.4 Å². The summed E-state index contributed by atoms with van der Waals surface area (Å²) < 4.78 is 1.14. The first-order valence-corrected chi connectivity index (χ1v) is 7.88. The lowest BCUT2D eigenvalue weighted by Gasteiger charge is -2.27. The molecule has 0 saturated heterocycles. The number of nitrogens with one attached hydrogen (secondary N) is 1. The summed E-state index contributed by atoms with van der Waals surface area (Å²) in [5, 5.41) is 13.8. The van der Waals surface area contributed by atoms with Crippen LogP contribution < -0.4 is 5.32 Å². The number of carbonyl (C=O) groups is 1. The van der Waals surface area contributed by atoms with E-state index in [4.69, 9.17) is 0 Å². The van der Waals surface area contributed by atoms with Crippen LogP contribution in [-0.4, -0.2) is 23.2 Å². The van der Waals surface area contributed by atoms with Crippen LogP contribution in [0.3, 0.4) is 0 Å². The van der Waals surface area contributed by atoms with Crippen molar-refractivity contribution in [2.45, 2.75) is 38.1 Å². The summed E-state index contributed by atoms with van der Waals surface area (Å²) in [7, 11) is 0. The Hall–Kier alpha value is -1.39. The predicted molar refractivity (Wildman–Crippen MR) is 82.3 cm³/mol. The smallest absolute Gasteiger partial charge is 0.262 e. The van der Waals surface area contributed by atoms with Crippen LogP contribution >= 0.6 is 11.3 Å². The Morgan fingerprint density at radius 1 is 1.35 bits per heavy atom. The number of amides is 1. The summed E-state index contributed by atoms with van der Waals surface area (Å²) in [5.74, 6) is -0.0420. The quantitative estimate of drug-likeness (QED) is 0.911. The van der Waals surface area contributed by atoms with Crippen molar-refractivity contribution in [2.75, 3.05) is 6.61 Å². The first-order chi connectivity index (χ1) is 9.65. The third-order valence-electron chi connectivity index (χ3n) is 4.29. The zero-order valence-corrected chi connectivity index (χ0v) is 12.4. The molecule has 1 aliphatic rings. The minimum atomic E-state index is -0.403. The Balaban J connectivity index is 1.91. The number of hydrogen-bond acceptors (Lipinski definition) is 3. The lowest BCUT2D eigenvalue weighted by atomic mass is 9.98. The van der Waals surface area contributed by atoms with E-state index < -0.39 is 5.54 Å². The zero-order valence-electron chi connectivity index (χ0n) is 11.6. The van der Waals surface area contributed by atoms with Crippen molar-refractivity contribution in [3.8, 4) is 0 Å². The third kappa shape index (κ3) is 2.23. The van der Waals surface area contributed by atoms with Crippen molar-refractivity contribution in [1.82, 2.24) is 5.32 Å². The molecule has 1 saturated carbocycles. The van der Waals surface area contributed by atoms with Crippen molar-refractivity contribution in [1.29, 1.82) is 0 Å². The lowest BCUT2D eigenvalue weighted by molar-refractivity contribution is 0.0842. The van der Waals surface area contributed by atoms with Crippen LogP contribution in [0.5, 0.6) is 0 Å². The molecule has 0 aliphatic heterocycles. The van der Waals surface area contributed by atoms with Crippen molar-refractivity contribution >= 4 is 27.3 Å². The molecule has 0 radical (unpaired) electrons. The van der Waals surface area contributed by atoms with Gasteiger partial charge in [0.15, 0.2) is 0 Å². The van der Waals surface area contributed by atoms with Crippen LogP contribution in [0.25, 0.3) is 10.1 Å². The second-order valence-electron chi connectivity index (χ2n) is 5.65. The molecule has 1 aliphatic carbocycles. The van der Waals surface area contributed by atoms with Crippen molar-refractivity contribution < 1.29 is 9.90 Å². The number of aliphatic hydroxyl groups is 1. The zero-order chi connectivity index (χ0) is 14.2. The second-order valence-corrected chi connectivity index (χ2v) is 6.70. The van der Waals surface area contributed by atoms with E-state index in [1.54, 1.807) is 0 Å². The number of hydrogen-bond donors (Lipinski definition) is 2. The average Bonchev–Trinajstić information content (AvgIpc) is 3.05. The maximum absolute atomic E-state index is 12.5. The summed E-state index contributed by atoms with van der Waals surface area (Å²) in [6.45, 7) is 2.02. The van der Waals surface area contributed by atoms with Gasteiger partial charge in [0.25, 0.3) is 5.91 Å². The fourth-order valence-electron chi connectivity index (χ4n) is 3.06. The topological polar surface area (TPSA) is 49.3 Å². The Bertz CT molecular complexity index is 641. The molecule has 2 N–H and O–H groups in total. The van der Waals surface area contributed by atoms with E-state index in [1.165, 1.54) is 11.3 Å². The number of rotatable bonds is 3. The van der Waals surface area contributed by atoms with Gasteiger partial charge < -0.3 is 10.4 Å². The molecular weight excluding hydrogens is 270 g/mol. The van der Waals surface area contributed by atoms with Gasteiger partial charge in [-0.3, -0.25) is 4.79 Å². The summed E-state index contributed by atoms with van der Waals surface area (Å²) in [6.07, 6.45) is 3.90. The lowest BCUT2D eigenvalue weighted by Crippen LogP contribution is -2.49. The second kappa shape index (κ2) is 5.19. The molecule has 0 bridgehead atoms. The van der Waals surface area contributed by atoms with E-state index in [-0.39, 0.29) is 12.5 Å². The number of fused-ring (bicyclic) bond motifs is 1. The van der Waals surface area contributed by atoms with Crippen molar-refractivity contribution in [2.24, 2.45) is 0 Å². The van der Waals surface area contributed by atoms with Crippen LogP contribution in [0.1, 0.15) is 40.9 Å². The number of carbonyl (C=O) groups excluding carboxylic acids is 1. The highest BCUT2D eigenvalue weighted by molar-refractivity contribution is 7.21. The molecule has 1 amide bonds. The highest BCUT2D eigenvalue weighted by Gasteiger charge is 2.35. The number of benzene rings is 1. The molecule has 1 fully saturated rings. The number of thiophene rings is 1. The van der Waals surface area contributed by atoms with E-state index in [0.717, 1.165) is 46.2 Å². The van der Waals surface area contributed by atoms with Gasteiger partial charge in [-0.25, -0.2) is 0 Å². The molecule has 4 heteroatoms. The molecule has 3 nitrogen and oxygen atoms in total. The summed E-state index contributed by atoms with van der Waals surface area (Å²) in [4.78, 5) is 13.3. The average molecular weight is 289 g/mol. The van der Waals surface area contributed by atoms with Gasteiger partial charge in [0, 0.05) is 4.70 Å². The van der Waals surface area contributed by atoms with Gasteiger partial charge in [-0.1, -0.05) is 31.0 Å². The summed E-state index contributed by atoms with van der Waals surface area (Å²) >= 11 is 1.53. The van der Waals surface area contributed by atoms with Gasteiger partial charge in [0.2, 0.25) is 0 Å². The van der Waals surface area contributed by atoms with Crippen LogP contribution in [0.4, 0.5) is 0 Å². The molecule has 3 rings (SSSR count). The molecule has 0 atom stereocenters. The van der Waals surface area contributed by atoms with Crippen LogP contribution in [-0.2, 0) is 0 Å². The molecule has 2 aromatic rings. The Kier molecular flexibility index (Phi) is 3.52. The molecule has 1 aromatic carbocycles. The van der Waals surface area contributed by atoms with Gasteiger partial charge in [0.05, 0.1) is 17.0 Å². The van der Waals surface area contributed by atoms with Crippen LogP contribution in [0.15, 0.2) is 24.3 Å².